The molecule has 0 fully saturated rings. The lowest BCUT2D eigenvalue weighted by Gasteiger charge is -2.20. The molecule has 0 aliphatic rings. The molecule has 1 amide bonds. The minimum atomic E-state index is -0.281. The number of amides is 1. The molecule has 3 aromatic carbocycles. The van der Waals surface area contributed by atoms with Gasteiger partial charge in [0.05, 0.1) is 0 Å². The predicted molar refractivity (Wildman–Crippen MR) is 107 cm³/mol. The number of carbonyl (C=O) groups excluding carboxylic acids is 1. The molecule has 0 unspecified atom stereocenters. The number of fused-ring (bicyclic) bond motifs is 1. The van der Waals surface area contributed by atoms with Gasteiger partial charge in [0.15, 0.2) is 6.61 Å². The van der Waals surface area contributed by atoms with E-state index < -0.39 is 0 Å². The van der Waals surface area contributed by atoms with Crippen LogP contribution in [0.1, 0.15) is 20.8 Å². The van der Waals surface area contributed by atoms with Crippen LogP contribution < -0.4 is 15.8 Å². The van der Waals surface area contributed by atoms with Gasteiger partial charge in [0.25, 0.3) is 5.91 Å². The van der Waals surface area contributed by atoms with Crippen LogP contribution in [-0.4, -0.2) is 18.1 Å². The number of hydrogen-bond acceptors (Lipinski definition) is 3. The summed E-state index contributed by atoms with van der Waals surface area (Å²) in [6, 6.07) is 19.8. The van der Waals surface area contributed by atoms with Crippen LogP contribution in [0.25, 0.3) is 21.9 Å². The van der Waals surface area contributed by atoms with Crippen LogP contribution in [0, 0.1) is 0 Å². The maximum Gasteiger partial charge on any atom is 0.258 e. The second kappa shape index (κ2) is 7.08. The third kappa shape index (κ3) is 4.33. The molecule has 4 nitrogen and oxygen atoms in total. The van der Waals surface area contributed by atoms with Gasteiger partial charge in [-0.05, 0) is 66.9 Å². The standard InChI is InChI=1S/C22H24N2O2/c1-22(2,3)24-21(25)14-26-18-12-16-7-4-5-10-19(16)20(13-18)15-8-6-9-17(23)11-15/h4-13H,14,23H2,1-3H3,(H,24,25). The highest BCUT2D eigenvalue weighted by Crippen LogP contribution is 2.33. The van der Waals surface area contributed by atoms with Crippen molar-refractivity contribution in [1.82, 2.24) is 5.32 Å². The summed E-state index contributed by atoms with van der Waals surface area (Å²) in [5, 5.41) is 5.07. The van der Waals surface area contributed by atoms with Gasteiger partial charge in [-0.1, -0.05) is 36.4 Å². The first kappa shape index (κ1) is 17.8. The van der Waals surface area contributed by atoms with Crippen molar-refractivity contribution in [2.45, 2.75) is 26.3 Å². The van der Waals surface area contributed by atoms with Gasteiger partial charge >= 0.3 is 0 Å². The van der Waals surface area contributed by atoms with Crippen LogP contribution in [0.2, 0.25) is 0 Å². The van der Waals surface area contributed by atoms with E-state index in [1.165, 1.54) is 0 Å². The van der Waals surface area contributed by atoms with Gasteiger partial charge in [-0.2, -0.15) is 0 Å². The molecule has 3 rings (SSSR count). The molecule has 0 aromatic heterocycles. The number of nitrogens with two attached hydrogens (primary N) is 1. The summed E-state index contributed by atoms with van der Waals surface area (Å²) in [5.41, 5.74) is 8.43. The summed E-state index contributed by atoms with van der Waals surface area (Å²) in [6.45, 7) is 5.81. The first-order chi connectivity index (χ1) is 12.3. The predicted octanol–water partition coefficient (Wildman–Crippen LogP) is 4.38. The topological polar surface area (TPSA) is 64.3 Å². The first-order valence-electron chi connectivity index (χ1n) is 8.64. The molecule has 0 spiro atoms. The average Bonchev–Trinajstić information content (AvgIpc) is 2.58. The number of benzene rings is 3. The largest absolute Gasteiger partial charge is 0.484 e. The minimum Gasteiger partial charge on any atom is -0.484 e. The molecule has 0 radical (unpaired) electrons. The van der Waals surface area contributed by atoms with Gasteiger partial charge in [-0.3, -0.25) is 4.79 Å². The number of nitrogen functional groups attached to an aromatic ring is 1. The Morgan fingerprint density at radius 2 is 1.81 bits per heavy atom. The average molecular weight is 348 g/mol. The molecule has 26 heavy (non-hydrogen) atoms. The maximum absolute atomic E-state index is 12.0. The molecule has 134 valence electrons. The SMILES string of the molecule is CC(C)(C)NC(=O)COc1cc(-c2cccc(N)c2)c2ccccc2c1. The zero-order chi connectivity index (χ0) is 18.7. The minimum absolute atomic E-state index is 0.0218. The fourth-order valence-electron chi connectivity index (χ4n) is 2.91. The Labute approximate surface area is 154 Å². The Hall–Kier alpha value is -3.01. The van der Waals surface area contributed by atoms with Gasteiger partial charge in [0.2, 0.25) is 0 Å². The van der Waals surface area contributed by atoms with Crippen molar-refractivity contribution in [2.24, 2.45) is 0 Å². The van der Waals surface area contributed by atoms with Crippen molar-refractivity contribution < 1.29 is 9.53 Å². The lowest BCUT2D eigenvalue weighted by Crippen LogP contribution is -2.43. The summed E-state index contributed by atoms with van der Waals surface area (Å²) in [6.07, 6.45) is 0. The molecule has 0 heterocycles. The number of anilines is 1. The van der Waals surface area contributed by atoms with Crippen molar-refractivity contribution in [3.8, 4) is 16.9 Å². The summed E-state index contributed by atoms with van der Waals surface area (Å²) < 4.78 is 5.77. The molecule has 0 aliphatic heterocycles. The molecular weight excluding hydrogens is 324 g/mol. The zero-order valence-electron chi connectivity index (χ0n) is 15.4. The fraction of sp³-hybridized carbons (Fsp3) is 0.227. The molecular formula is C22H24N2O2. The van der Waals surface area contributed by atoms with Crippen molar-refractivity contribution in [3.05, 3.63) is 60.7 Å². The second-order valence-corrected chi connectivity index (χ2v) is 7.40. The number of carbonyl (C=O) groups is 1. The summed E-state index contributed by atoms with van der Waals surface area (Å²) in [4.78, 5) is 12.0. The Kier molecular flexibility index (Phi) is 4.85. The normalized spacial score (nSPS) is 11.3. The van der Waals surface area contributed by atoms with E-state index in [1.54, 1.807) is 0 Å². The monoisotopic (exact) mass is 348 g/mol. The number of hydrogen-bond donors (Lipinski definition) is 2. The van der Waals surface area contributed by atoms with E-state index in [0.29, 0.717) is 11.4 Å². The van der Waals surface area contributed by atoms with Gasteiger partial charge in [-0.25, -0.2) is 0 Å². The van der Waals surface area contributed by atoms with E-state index in [9.17, 15) is 4.79 Å². The van der Waals surface area contributed by atoms with Crippen LogP contribution in [-0.2, 0) is 4.79 Å². The first-order valence-corrected chi connectivity index (χ1v) is 8.64. The summed E-state index contributed by atoms with van der Waals surface area (Å²) in [5.74, 6) is 0.515. The van der Waals surface area contributed by atoms with Gasteiger partial charge in [-0.15, -0.1) is 0 Å². The Balaban J connectivity index is 1.94. The van der Waals surface area contributed by atoms with E-state index in [2.05, 4.69) is 11.4 Å². The number of ether oxygens (including phenoxy) is 1. The quantitative estimate of drug-likeness (QED) is 0.688. The number of nitrogens with one attached hydrogen (secondary N) is 1. The molecule has 3 aromatic rings. The lowest BCUT2D eigenvalue weighted by atomic mass is 9.97. The highest BCUT2D eigenvalue weighted by atomic mass is 16.5. The van der Waals surface area contributed by atoms with Crippen LogP contribution >= 0.6 is 0 Å². The van der Waals surface area contributed by atoms with Crippen LogP contribution in [0.4, 0.5) is 5.69 Å². The van der Waals surface area contributed by atoms with Crippen molar-refractivity contribution in [2.75, 3.05) is 12.3 Å². The Morgan fingerprint density at radius 1 is 1.04 bits per heavy atom. The third-order valence-electron chi connectivity index (χ3n) is 3.92. The van der Waals surface area contributed by atoms with Crippen LogP contribution in [0.15, 0.2) is 60.7 Å². The van der Waals surface area contributed by atoms with E-state index in [-0.39, 0.29) is 18.1 Å². The van der Waals surface area contributed by atoms with E-state index in [1.807, 2.05) is 75.4 Å². The lowest BCUT2D eigenvalue weighted by molar-refractivity contribution is -0.124. The van der Waals surface area contributed by atoms with E-state index >= 15 is 0 Å². The molecule has 4 heteroatoms. The Morgan fingerprint density at radius 3 is 2.54 bits per heavy atom. The van der Waals surface area contributed by atoms with Gasteiger partial charge in [0, 0.05) is 11.2 Å². The van der Waals surface area contributed by atoms with Gasteiger partial charge in [0.1, 0.15) is 5.75 Å². The molecule has 0 saturated carbocycles. The van der Waals surface area contributed by atoms with Crippen molar-refractivity contribution >= 4 is 22.4 Å². The van der Waals surface area contributed by atoms with E-state index in [0.717, 1.165) is 21.9 Å². The van der Waals surface area contributed by atoms with Crippen LogP contribution in [0.3, 0.4) is 0 Å². The number of rotatable bonds is 4. The molecule has 0 bridgehead atoms. The van der Waals surface area contributed by atoms with Crippen LogP contribution in [0.5, 0.6) is 5.75 Å². The highest BCUT2D eigenvalue weighted by molar-refractivity contribution is 5.98. The van der Waals surface area contributed by atoms with Gasteiger partial charge < -0.3 is 15.8 Å². The molecule has 0 atom stereocenters. The molecule has 3 N–H and O–H groups in total. The van der Waals surface area contributed by atoms with Crippen molar-refractivity contribution in [1.29, 1.82) is 0 Å². The maximum atomic E-state index is 12.0. The van der Waals surface area contributed by atoms with Crippen molar-refractivity contribution in [3.63, 3.8) is 0 Å². The summed E-state index contributed by atoms with van der Waals surface area (Å²) >= 11 is 0. The zero-order valence-corrected chi connectivity index (χ0v) is 15.4. The summed E-state index contributed by atoms with van der Waals surface area (Å²) in [7, 11) is 0. The molecule has 0 saturated heterocycles. The third-order valence-corrected chi connectivity index (χ3v) is 3.92. The fourth-order valence-corrected chi connectivity index (χ4v) is 2.91. The second-order valence-electron chi connectivity index (χ2n) is 7.40. The van der Waals surface area contributed by atoms with E-state index in [4.69, 9.17) is 10.5 Å². The Bertz CT molecular complexity index is 942. The smallest absolute Gasteiger partial charge is 0.258 e. The highest BCUT2D eigenvalue weighted by Gasteiger charge is 2.14. The molecule has 0 aliphatic carbocycles.